The Hall–Kier alpha value is -0.810. The first-order valence-corrected chi connectivity index (χ1v) is 5.01. The minimum atomic E-state index is 0.832. The van der Waals surface area contributed by atoms with E-state index in [1.165, 1.54) is 25.9 Å². The van der Waals surface area contributed by atoms with Gasteiger partial charge in [0.1, 0.15) is 0 Å². The third-order valence-corrected chi connectivity index (χ3v) is 2.71. The van der Waals surface area contributed by atoms with E-state index in [9.17, 15) is 0 Å². The van der Waals surface area contributed by atoms with E-state index < -0.39 is 0 Å². The molecule has 2 heteroatoms. The molecule has 0 aliphatic carbocycles. The predicted octanol–water partition coefficient (Wildman–Crippen LogP) is 2.19. The van der Waals surface area contributed by atoms with Crippen LogP contribution in [0.5, 0.6) is 0 Å². The first kappa shape index (κ1) is 10.3. The van der Waals surface area contributed by atoms with Crippen molar-refractivity contribution in [1.82, 2.24) is 4.90 Å². The topological polar surface area (TPSA) is 27.0 Å². The van der Waals surface area contributed by atoms with Crippen molar-refractivity contribution in [3.63, 3.8) is 0 Å². The van der Waals surface area contributed by atoms with Crippen LogP contribution in [-0.4, -0.2) is 24.5 Å². The number of rotatable bonds is 2. The van der Waals surface area contributed by atoms with Gasteiger partial charge in [0.25, 0.3) is 0 Å². The van der Waals surface area contributed by atoms with Crippen molar-refractivity contribution in [1.29, 1.82) is 5.26 Å². The van der Waals surface area contributed by atoms with Gasteiger partial charge in [0.15, 0.2) is 0 Å². The van der Waals surface area contributed by atoms with Crippen molar-refractivity contribution in [3.8, 4) is 6.07 Å². The molecule has 13 heavy (non-hydrogen) atoms. The zero-order valence-electron chi connectivity index (χ0n) is 8.58. The summed E-state index contributed by atoms with van der Waals surface area (Å²) in [6.07, 6.45) is 4.63. The van der Waals surface area contributed by atoms with Crippen LogP contribution in [-0.2, 0) is 0 Å². The van der Waals surface area contributed by atoms with Crippen molar-refractivity contribution in [2.45, 2.75) is 26.7 Å². The summed E-state index contributed by atoms with van der Waals surface area (Å²) in [7, 11) is 0. The summed E-state index contributed by atoms with van der Waals surface area (Å²) in [4.78, 5) is 2.42. The Bertz CT molecular complexity index is 217. The fourth-order valence-electron chi connectivity index (χ4n) is 1.56. The monoisotopic (exact) mass is 178 g/mol. The molecular formula is C11H18N2. The highest BCUT2D eigenvalue weighted by molar-refractivity contribution is 5.17. The van der Waals surface area contributed by atoms with Crippen LogP contribution in [0.2, 0.25) is 0 Å². The van der Waals surface area contributed by atoms with Crippen LogP contribution in [0, 0.1) is 17.2 Å². The number of hydrogen-bond donors (Lipinski definition) is 0. The number of nitrogens with zero attached hydrogens (tertiary/aromatic N) is 2. The number of allylic oxidation sites excluding steroid dienone is 1. The van der Waals surface area contributed by atoms with Gasteiger partial charge in [-0.15, -0.1) is 0 Å². The fraction of sp³-hybridized carbons (Fsp3) is 0.727. The maximum atomic E-state index is 8.57. The van der Waals surface area contributed by atoms with Crippen LogP contribution in [0.1, 0.15) is 26.7 Å². The number of piperidine rings is 1. The molecule has 0 atom stereocenters. The van der Waals surface area contributed by atoms with Gasteiger partial charge in [0.2, 0.25) is 0 Å². The summed E-state index contributed by atoms with van der Waals surface area (Å²) >= 11 is 0. The molecule has 0 aromatic carbocycles. The smallest absolute Gasteiger partial charge is 0.0941 e. The van der Waals surface area contributed by atoms with Gasteiger partial charge in [-0.05, 0) is 38.8 Å². The van der Waals surface area contributed by atoms with Gasteiger partial charge in [0, 0.05) is 12.1 Å². The Labute approximate surface area is 80.8 Å². The van der Waals surface area contributed by atoms with Crippen molar-refractivity contribution in [2.75, 3.05) is 19.6 Å². The third-order valence-electron chi connectivity index (χ3n) is 2.71. The molecule has 0 spiro atoms. The molecule has 0 unspecified atom stereocenters. The minimum absolute atomic E-state index is 0.832. The Morgan fingerprint density at radius 2 is 2.15 bits per heavy atom. The molecule has 1 fully saturated rings. The van der Waals surface area contributed by atoms with Crippen molar-refractivity contribution < 1.29 is 0 Å². The first-order valence-electron chi connectivity index (χ1n) is 5.01. The second-order valence-corrected chi connectivity index (χ2v) is 3.98. The Morgan fingerprint density at radius 3 is 2.69 bits per heavy atom. The van der Waals surface area contributed by atoms with Gasteiger partial charge in [0.05, 0.1) is 6.07 Å². The van der Waals surface area contributed by atoms with Crippen LogP contribution < -0.4 is 0 Å². The maximum absolute atomic E-state index is 8.57. The van der Waals surface area contributed by atoms with Gasteiger partial charge in [-0.1, -0.05) is 13.0 Å². The molecule has 0 aromatic rings. The lowest BCUT2D eigenvalue weighted by Crippen LogP contribution is -2.32. The van der Waals surface area contributed by atoms with E-state index in [0.29, 0.717) is 0 Å². The molecule has 0 amide bonds. The molecule has 0 saturated carbocycles. The Kier molecular flexibility index (Phi) is 3.98. The van der Waals surface area contributed by atoms with Gasteiger partial charge in [-0.25, -0.2) is 0 Å². The molecule has 1 heterocycles. The molecule has 1 rings (SSSR count). The van der Waals surface area contributed by atoms with Gasteiger partial charge < -0.3 is 0 Å². The minimum Gasteiger partial charge on any atom is -0.300 e. The molecule has 72 valence electrons. The van der Waals surface area contributed by atoms with Crippen LogP contribution in [0.15, 0.2) is 11.6 Å². The summed E-state index contributed by atoms with van der Waals surface area (Å²) in [5.41, 5.74) is 0.832. The molecule has 2 nitrogen and oxygen atoms in total. The zero-order chi connectivity index (χ0) is 9.68. The highest BCUT2D eigenvalue weighted by Gasteiger charge is 2.13. The van der Waals surface area contributed by atoms with E-state index in [2.05, 4.69) is 17.9 Å². The quantitative estimate of drug-likeness (QED) is 0.606. The van der Waals surface area contributed by atoms with E-state index in [1.807, 2.05) is 13.0 Å². The third kappa shape index (κ3) is 3.61. The number of nitriles is 1. The number of likely N-dealkylation sites (tertiary alicyclic amines) is 1. The maximum Gasteiger partial charge on any atom is 0.0941 e. The predicted molar refractivity (Wildman–Crippen MR) is 54.2 cm³/mol. The SMILES string of the molecule is C/C(C#N)=C/CN1CCC(C)CC1. The molecule has 0 bridgehead atoms. The molecule has 0 radical (unpaired) electrons. The normalized spacial score (nSPS) is 21.5. The first-order chi connectivity index (χ1) is 6.22. The Morgan fingerprint density at radius 1 is 1.54 bits per heavy atom. The lowest BCUT2D eigenvalue weighted by Gasteiger charge is -2.29. The highest BCUT2D eigenvalue weighted by atomic mass is 15.1. The van der Waals surface area contributed by atoms with Gasteiger partial charge in [-0.2, -0.15) is 5.26 Å². The largest absolute Gasteiger partial charge is 0.300 e. The Balaban J connectivity index is 2.28. The fourth-order valence-corrected chi connectivity index (χ4v) is 1.56. The summed E-state index contributed by atoms with van der Waals surface area (Å²) in [6.45, 7) is 7.51. The lowest BCUT2D eigenvalue weighted by atomic mass is 9.99. The van der Waals surface area contributed by atoms with E-state index in [0.717, 1.165) is 18.0 Å². The zero-order valence-corrected chi connectivity index (χ0v) is 8.58. The summed E-state index contributed by atoms with van der Waals surface area (Å²) < 4.78 is 0. The second-order valence-electron chi connectivity index (χ2n) is 3.98. The average molecular weight is 178 g/mol. The average Bonchev–Trinajstić information content (AvgIpc) is 2.16. The van der Waals surface area contributed by atoms with E-state index in [-0.39, 0.29) is 0 Å². The van der Waals surface area contributed by atoms with E-state index in [4.69, 9.17) is 5.26 Å². The van der Waals surface area contributed by atoms with Gasteiger partial charge >= 0.3 is 0 Å². The molecule has 1 aliphatic heterocycles. The standard InChI is InChI=1S/C11H18N2/c1-10-3-6-13(7-4-10)8-5-11(2)9-12/h5,10H,3-4,6-8H2,1-2H3/b11-5-. The highest BCUT2D eigenvalue weighted by Crippen LogP contribution is 2.15. The van der Waals surface area contributed by atoms with Crippen LogP contribution >= 0.6 is 0 Å². The van der Waals surface area contributed by atoms with Gasteiger partial charge in [-0.3, -0.25) is 4.90 Å². The van der Waals surface area contributed by atoms with Crippen LogP contribution in [0.3, 0.4) is 0 Å². The molecule has 0 N–H and O–H groups in total. The molecule has 0 aromatic heterocycles. The van der Waals surface area contributed by atoms with E-state index in [1.54, 1.807) is 0 Å². The summed E-state index contributed by atoms with van der Waals surface area (Å²) in [5.74, 6) is 0.886. The lowest BCUT2D eigenvalue weighted by molar-refractivity contribution is 0.210. The second kappa shape index (κ2) is 5.04. The van der Waals surface area contributed by atoms with Crippen LogP contribution in [0.4, 0.5) is 0 Å². The van der Waals surface area contributed by atoms with Crippen molar-refractivity contribution in [2.24, 2.45) is 5.92 Å². The summed E-state index contributed by atoms with van der Waals surface area (Å²) in [6, 6.07) is 2.15. The molecular weight excluding hydrogens is 160 g/mol. The molecule has 1 saturated heterocycles. The van der Waals surface area contributed by atoms with Crippen molar-refractivity contribution in [3.05, 3.63) is 11.6 Å². The number of hydrogen-bond acceptors (Lipinski definition) is 2. The van der Waals surface area contributed by atoms with Crippen molar-refractivity contribution >= 4 is 0 Å². The van der Waals surface area contributed by atoms with E-state index >= 15 is 0 Å². The summed E-state index contributed by atoms with van der Waals surface area (Å²) in [5, 5.41) is 8.57. The molecule has 1 aliphatic rings. The van der Waals surface area contributed by atoms with Crippen LogP contribution in [0.25, 0.3) is 0 Å².